The Balaban J connectivity index is 1.71. The fourth-order valence-electron chi connectivity index (χ4n) is 2.83. The van der Waals surface area contributed by atoms with Crippen molar-refractivity contribution < 1.29 is 18.3 Å². The number of nitrogens with zero attached hydrogens (tertiary/aromatic N) is 3. The minimum Gasteiger partial charge on any atom is -0.507 e. The highest BCUT2D eigenvalue weighted by Crippen LogP contribution is 2.25. The number of halogens is 1. The topological polar surface area (TPSA) is 102 Å². The lowest BCUT2D eigenvalue weighted by molar-refractivity contribution is 0.0695. The van der Waals surface area contributed by atoms with Gasteiger partial charge in [0, 0.05) is 30.7 Å². The van der Waals surface area contributed by atoms with E-state index in [-0.39, 0.29) is 48.3 Å². The summed E-state index contributed by atoms with van der Waals surface area (Å²) in [6, 6.07) is 12.3. The summed E-state index contributed by atoms with van der Waals surface area (Å²) in [4.78, 5) is 14.3. The molecule has 9 heteroatoms. The molecule has 0 bridgehead atoms. The number of aromatic hydroxyl groups is 1. The molecule has 1 amide bonds. The van der Waals surface area contributed by atoms with Gasteiger partial charge in [-0.1, -0.05) is 15.9 Å². The van der Waals surface area contributed by atoms with Crippen LogP contribution in [0.1, 0.15) is 15.9 Å². The predicted molar refractivity (Wildman–Crippen MR) is 102 cm³/mol. The van der Waals surface area contributed by atoms with Gasteiger partial charge in [-0.25, -0.2) is 8.42 Å². The molecular formula is C18H16BrN3O4S. The van der Waals surface area contributed by atoms with Crippen molar-refractivity contribution in [3.05, 3.63) is 58.1 Å². The third-order valence-corrected chi connectivity index (χ3v) is 6.74. The van der Waals surface area contributed by atoms with Crippen molar-refractivity contribution in [1.29, 1.82) is 5.26 Å². The molecule has 27 heavy (non-hydrogen) atoms. The molecule has 1 aliphatic rings. The SMILES string of the molecule is N#Cc1ccc(S(=O)(=O)N2CCN(C(=O)c3cc(Br)ccc3O)CC2)cc1. The molecule has 2 aromatic carbocycles. The summed E-state index contributed by atoms with van der Waals surface area (Å²) in [6.45, 7) is 0.756. The number of nitriles is 1. The van der Waals surface area contributed by atoms with E-state index in [2.05, 4.69) is 15.9 Å². The van der Waals surface area contributed by atoms with Crippen LogP contribution in [0.4, 0.5) is 0 Å². The van der Waals surface area contributed by atoms with Crippen molar-refractivity contribution in [2.45, 2.75) is 4.90 Å². The smallest absolute Gasteiger partial charge is 0.257 e. The van der Waals surface area contributed by atoms with E-state index >= 15 is 0 Å². The van der Waals surface area contributed by atoms with Crippen molar-refractivity contribution in [3.63, 3.8) is 0 Å². The van der Waals surface area contributed by atoms with Crippen molar-refractivity contribution in [2.75, 3.05) is 26.2 Å². The summed E-state index contributed by atoms with van der Waals surface area (Å²) in [5.74, 6) is -0.458. The minimum absolute atomic E-state index is 0.115. The number of sulfonamides is 1. The number of carbonyl (C=O) groups is 1. The molecule has 7 nitrogen and oxygen atoms in total. The molecule has 0 aromatic heterocycles. The molecule has 1 aliphatic heterocycles. The summed E-state index contributed by atoms with van der Waals surface area (Å²) >= 11 is 3.27. The second-order valence-corrected chi connectivity index (χ2v) is 8.85. The fourth-order valence-corrected chi connectivity index (χ4v) is 4.62. The Kier molecular flexibility index (Phi) is 5.51. The van der Waals surface area contributed by atoms with E-state index in [0.29, 0.717) is 10.0 Å². The maximum Gasteiger partial charge on any atom is 0.257 e. The molecule has 1 N–H and O–H groups in total. The Labute approximate surface area is 165 Å². The average Bonchev–Trinajstić information content (AvgIpc) is 2.69. The van der Waals surface area contributed by atoms with Gasteiger partial charge in [-0.2, -0.15) is 9.57 Å². The van der Waals surface area contributed by atoms with Crippen LogP contribution >= 0.6 is 15.9 Å². The van der Waals surface area contributed by atoms with Crippen LogP contribution in [0.3, 0.4) is 0 Å². The highest BCUT2D eigenvalue weighted by molar-refractivity contribution is 9.10. The van der Waals surface area contributed by atoms with Gasteiger partial charge in [0.2, 0.25) is 10.0 Å². The first-order chi connectivity index (χ1) is 12.8. The Hall–Kier alpha value is -2.41. The quantitative estimate of drug-likeness (QED) is 0.773. The molecule has 0 atom stereocenters. The van der Waals surface area contributed by atoms with Crippen LogP contribution in [0.5, 0.6) is 5.75 Å². The normalized spacial score (nSPS) is 15.3. The van der Waals surface area contributed by atoms with Crippen LogP contribution in [0.15, 0.2) is 51.8 Å². The highest BCUT2D eigenvalue weighted by atomic mass is 79.9. The molecule has 140 valence electrons. The van der Waals surface area contributed by atoms with Crippen LogP contribution in [0, 0.1) is 11.3 Å². The van der Waals surface area contributed by atoms with E-state index < -0.39 is 10.0 Å². The Bertz CT molecular complexity index is 1010. The van der Waals surface area contributed by atoms with Crippen LogP contribution in [-0.4, -0.2) is 54.8 Å². The zero-order valence-corrected chi connectivity index (χ0v) is 16.6. The lowest BCUT2D eigenvalue weighted by Crippen LogP contribution is -2.50. The summed E-state index contributed by atoms with van der Waals surface area (Å²) in [5, 5.41) is 18.7. The minimum atomic E-state index is -3.69. The van der Waals surface area contributed by atoms with Crippen LogP contribution in [-0.2, 0) is 10.0 Å². The highest BCUT2D eigenvalue weighted by Gasteiger charge is 2.31. The summed E-state index contributed by atoms with van der Waals surface area (Å²) in [5.41, 5.74) is 0.561. The van der Waals surface area contributed by atoms with E-state index in [1.54, 1.807) is 6.07 Å². The van der Waals surface area contributed by atoms with Gasteiger partial charge < -0.3 is 10.0 Å². The first kappa shape index (κ1) is 19.4. The number of benzene rings is 2. The van der Waals surface area contributed by atoms with E-state index in [4.69, 9.17) is 5.26 Å². The number of phenols is 1. The van der Waals surface area contributed by atoms with E-state index in [1.165, 1.54) is 45.6 Å². The van der Waals surface area contributed by atoms with Crippen molar-refractivity contribution in [1.82, 2.24) is 9.21 Å². The van der Waals surface area contributed by atoms with Crippen molar-refractivity contribution in [2.24, 2.45) is 0 Å². The zero-order valence-electron chi connectivity index (χ0n) is 14.2. The summed E-state index contributed by atoms with van der Waals surface area (Å²) in [6.07, 6.45) is 0. The molecule has 0 aliphatic carbocycles. The Morgan fingerprint density at radius 2 is 1.70 bits per heavy atom. The molecular weight excluding hydrogens is 434 g/mol. The largest absolute Gasteiger partial charge is 0.507 e. The number of carbonyl (C=O) groups excluding carboxylic acids is 1. The summed E-state index contributed by atoms with van der Waals surface area (Å²) < 4.78 is 27.4. The predicted octanol–water partition coefficient (Wildman–Crippen LogP) is 2.17. The van der Waals surface area contributed by atoms with Gasteiger partial charge in [-0.05, 0) is 42.5 Å². The van der Waals surface area contributed by atoms with Gasteiger partial charge in [0.25, 0.3) is 5.91 Å². The van der Waals surface area contributed by atoms with Crippen molar-refractivity contribution >= 4 is 31.9 Å². The third-order valence-electron chi connectivity index (χ3n) is 4.34. The zero-order chi connectivity index (χ0) is 19.6. The molecule has 2 aromatic rings. The first-order valence-corrected chi connectivity index (χ1v) is 10.3. The van der Waals surface area contributed by atoms with E-state index in [0.717, 1.165) is 0 Å². The molecule has 1 heterocycles. The molecule has 1 fully saturated rings. The Morgan fingerprint density at radius 1 is 1.07 bits per heavy atom. The number of rotatable bonds is 3. The molecule has 0 radical (unpaired) electrons. The van der Waals surface area contributed by atoms with Gasteiger partial charge in [0.15, 0.2) is 0 Å². The number of hydrogen-bond acceptors (Lipinski definition) is 5. The van der Waals surface area contributed by atoms with Crippen LogP contribution in [0.25, 0.3) is 0 Å². The fraction of sp³-hybridized carbons (Fsp3) is 0.222. The average molecular weight is 450 g/mol. The number of hydrogen-bond donors (Lipinski definition) is 1. The number of phenolic OH excluding ortho intramolecular Hbond substituents is 1. The van der Waals surface area contributed by atoms with Crippen LogP contribution < -0.4 is 0 Å². The van der Waals surface area contributed by atoms with Gasteiger partial charge in [-0.3, -0.25) is 4.79 Å². The van der Waals surface area contributed by atoms with E-state index in [1.807, 2.05) is 6.07 Å². The lowest BCUT2D eigenvalue weighted by Gasteiger charge is -2.34. The number of piperazine rings is 1. The van der Waals surface area contributed by atoms with Gasteiger partial charge in [-0.15, -0.1) is 0 Å². The van der Waals surface area contributed by atoms with E-state index in [9.17, 15) is 18.3 Å². The molecule has 0 saturated carbocycles. The first-order valence-electron chi connectivity index (χ1n) is 8.11. The summed E-state index contributed by atoms with van der Waals surface area (Å²) in [7, 11) is -3.69. The maximum atomic E-state index is 12.7. The molecule has 3 rings (SSSR count). The monoisotopic (exact) mass is 449 g/mol. The Morgan fingerprint density at radius 3 is 2.30 bits per heavy atom. The van der Waals surface area contributed by atoms with Gasteiger partial charge in [0.1, 0.15) is 5.75 Å². The maximum absolute atomic E-state index is 12.7. The van der Waals surface area contributed by atoms with Crippen molar-refractivity contribution in [3.8, 4) is 11.8 Å². The molecule has 1 saturated heterocycles. The van der Waals surface area contributed by atoms with Gasteiger partial charge in [0.05, 0.1) is 22.1 Å². The standard InChI is InChI=1S/C18H16BrN3O4S/c19-14-3-6-17(23)16(11-14)18(24)21-7-9-22(10-8-21)27(25,26)15-4-1-13(12-20)2-5-15/h1-6,11,23H,7-10H2. The molecule has 0 spiro atoms. The second-order valence-electron chi connectivity index (χ2n) is 5.99. The number of amides is 1. The third kappa shape index (κ3) is 3.98. The second kappa shape index (κ2) is 7.68. The van der Waals surface area contributed by atoms with Crippen LogP contribution in [0.2, 0.25) is 0 Å². The lowest BCUT2D eigenvalue weighted by atomic mass is 10.1. The van der Waals surface area contributed by atoms with Gasteiger partial charge >= 0.3 is 0 Å². The molecule has 0 unspecified atom stereocenters.